The predicted molar refractivity (Wildman–Crippen MR) is 76.0 cm³/mol. The molecular weight excluding hydrogens is 240 g/mol. The fourth-order valence-corrected chi connectivity index (χ4v) is 3.54. The topological polar surface area (TPSA) is 41.6 Å². The Morgan fingerprint density at radius 3 is 2.89 bits per heavy atom. The highest BCUT2D eigenvalue weighted by atomic mass is 16.5. The molecule has 110 valence electrons. The number of carbonyl (C=O) groups is 1. The Bertz CT molecular complexity index is 309. The van der Waals surface area contributed by atoms with E-state index in [1.54, 1.807) is 0 Å². The SMILES string of the molecule is CCOC(=O)C1CNCCN1C1CC(C)CCC1C. The zero-order valence-electron chi connectivity index (χ0n) is 12.5. The number of hydrogen-bond acceptors (Lipinski definition) is 4. The van der Waals surface area contributed by atoms with Crippen molar-refractivity contribution >= 4 is 5.97 Å². The van der Waals surface area contributed by atoms with E-state index in [9.17, 15) is 4.79 Å². The van der Waals surface area contributed by atoms with Crippen molar-refractivity contribution in [1.82, 2.24) is 10.2 Å². The molecule has 0 aromatic heterocycles. The Labute approximate surface area is 116 Å². The van der Waals surface area contributed by atoms with Gasteiger partial charge in [0.1, 0.15) is 6.04 Å². The number of carbonyl (C=O) groups excluding carboxylic acids is 1. The monoisotopic (exact) mass is 268 g/mol. The molecule has 1 aliphatic heterocycles. The minimum Gasteiger partial charge on any atom is -0.465 e. The van der Waals surface area contributed by atoms with E-state index in [0.29, 0.717) is 18.6 Å². The second-order valence-corrected chi connectivity index (χ2v) is 6.17. The summed E-state index contributed by atoms with van der Waals surface area (Å²) >= 11 is 0. The van der Waals surface area contributed by atoms with Gasteiger partial charge in [-0.05, 0) is 31.6 Å². The molecule has 1 aliphatic carbocycles. The quantitative estimate of drug-likeness (QED) is 0.790. The van der Waals surface area contributed by atoms with E-state index in [2.05, 4.69) is 24.1 Å². The smallest absolute Gasteiger partial charge is 0.324 e. The van der Waals surface area contributed by atoms with E-state index < -0.39 is 0 Å². The molecule has 4 heteroatoms. The van der Waals surface area contributed by atoms with Crippen LogP contribution in [0.5, 0.6) is 0 Å². The molecule has 0 bridgehead atoms. The van der Waals surface area contributed by atoms with Crippen LogP contribution in [0, 0.1) is 11.8 Å². The summed E-state index contributed by atoms with van der Waals surface area (Å²) in [5.41, 5.74) is 0. The maximum absolute atomic E-state index is 12.1. The lowest BCUT2D eigenvalue weighted by Gasteiger charge is -2.45. The minimum absolute atomic E-state index is 0.0554. The molecule has 2 aliphatic rings. The van der Waals surface area contributed by atoms with Gasteiger partial charge in [0.05, 0.1) is 6.61 Å². The van der Waals surface area contributed by atoms with Crippen molar-refractivity contribution in [3.05, 3.63) is 0 Å². The number of rotatable bonds is 3. The van der Waals surface area contributed by atoms with E-state index in [4.69, 9.17) is 4.74 Å². The summed E-state index contributed by atoms with van der Waals surface area (Å²) in [6, 6.07) is 0.451. The average Bonchev–Trinajstić information content (AvgIpc) is 2.42. The Morgan fingerprint density at radius 1 is 1.37 bits per heavy atom. The van der Waals surface area contributed by atoms with Gasteiger partial charge >= 0.3 is 5.97 Å². The van der Waals surface area contributed by atoms with Crippen LogP contribution in [0.4, 0.5) is 0 Å². The Hall–Kier alpha value is -0.610. The number of hydrogen-bond donors (Lipinski definition) is 1. The van der Waals surface area contributed by atoms with Gasteiger partial charge in [-0.1, -0.05) is 20.3 Å². The number of ether oxygens (including phenoxy) is 1. The summed E-state index contributed by atoms with van der Waals surface area (Å²) in [5.74, 6) is 1.41. The normalized spacial score (nSPS) is 37.0. The zero-order chi connectivity index (χ0) is 13.8. The van der Waals surface area contributed by atoms with Gasteiger partial charge < -0.3 is 10.1 Å². The predicted octanol–water partition coefficient (Wildman–Crippen LogP) is 1.65. The number of nitrogens with zero attached hydrogens (tertiary/aromatic N) is 1. The first-order valence-corrected chi connectivity index (χ1v) is 7.76. The largest absolute Gasteiger partial charge is 0.465 e. The van der Waals surface area contributed by atoms with Gasteiger partial charge in [0, 0.05) is 25.7 Å². The van der Waals surface area contributed by atoms with Crippen LogP contribution in [0.1, 0.15) is 40.0 Å². The summed E-state index contributed by atoms with van der Waals surface area (Å²) < 4.78 is 5.24. The van der Waals surface area contributed by atoms with Crippen LogP contribution < -0.4 is 5.32 Å². The first-order valence-electron chi connectivity index (χ1n) is 7.76. The molecule has 0 radical (unpaired) electrons. The lowest BCUT2D eigenvalue weighted by Crippen LogP contribution is -2.60. The molecule has 2 rings (SSSR count). The Kier molecular flexibility index (Phi) is 5.22. The fourth-order valence-electron chi connectivity index (χ4n) is 3.54. The lowest BCUT2D eigenvalue weighted by molar-refractivity contribution is -0.152. The van der Waals surface area contributed by atoms with Crippen molar-refractivity contribution in [2.45, 2.75) is 52.1 Å². The van der Waals surface area contributed by atoms with Crippen LogP contribution in [0.2, 0.25) is 0 Å². The molecule has 1 saturated heterocycles. The van der Waals surface area contributed by atoms with Crippen LogP contribution in [0.3, 0.4) is 0 Å². The van der Waals surface area contributed by atoms with Crippen LogP contribution >= 0.6 is 0 Å². The summed E-state index contributed by atoms with van der Waals surface area (Å²) in [5, 5.41) is 3.33. The summed E-state index contributed by atoms with van der Waals surface area (Å²) in [4.78, 5) is 14.5. The molecule has 0 amide bonds. The van der Waals surface area contributed by atoms with Gasteiger partial charge in [-0.25, -0.2) is 0 Å². The van der Waals surface area contributed by atoms with Gasteiger partial charge in [0.15, 0.2) is 0 Å². The van der Waals surface area contributed by atoms with Crippen molar-refractivity contribution in [2.24, 2.45) is 11.8 Å². The van der Waals surface area contributed by atoms with Crippen molar-refractivity contribution < 1.29 is 9.53 Å². The molecule has 1 heterocycles. The maximum atomic E-state index is 12.1. The second kappa shape index (κ2) is 6.71. The van der Waals surface area contributed by atoms with E-state index >= 15 is 0 Å². The zero-order valence-corrected chi connectivity index (χ0v) is 12.5. The van der Waals surface area contributed by atoms with Crippen molar-refractivity contribution in [1.29, 1.82) is 0 Å². The Morgan fingerprint density at radius 2 is 2.16 bits per heavy atom. The molecule has 0 aromatic rings. The maximum Gasteiger partial charge on any atom is 0.324 e. The third-order valence-electron chi connectivity index (χ3n) is 4.68. The van der Waals surface area contributed by atoms with Crippen LogP contribution in [0.15, 0.2) is 0 Å². The van der Waals surface area contributed by atoms with Gasteiger partial charge in [0.2, 0.25) is 0 Å². The van der Waals surface area contributed by atoms with Crippen LogP contribution in [0.25, 0.3) is 0 Å². The van der Waals surface area contributed by atoms with Crippen LogP contribution in [-0.4, -0.2) is 49.2 Å². The third-order valence-corrected chi connectivity index (χ3v) is 4.68. The van der Waals surface area contributed by atoms with E-state index in [0.717, 1.165) is 25.6 Å². The molecule has 4 atom stereocenters. The number of esters is 1. The molecule has 1 N–H and O–H groups in total. The molecular formula is C15H28N2O2. The van der Waals surface area contributed by atoms with Crippen molar-refractivity contribution in [2.75, 3.05) is 26.2 Å². The molecule has 19 heavy (non-hydrogen) atoms. The Balaban J connectivity index is 2.07. The average molecular weight is 268 g/mol. The molecule has 1 saturated carbocycles. The molecule has 0 aromatic carbocycles. The van der Waals surface area contributed by atoms with Crippen LogP contribution in [-0.2, 0) is 9.53 Å². The number of nitrogens with one attached hydrogen (secondary N) is 1. The van der Waals surface area contributed by atoms with Crippen molar-refractivity contribution in [3.63, 3.8) is 0 Å². The standard InChI is InChI=1S/C15H28N2O2/c1-4-19-15(18)14-10-16-7-8-17(14)13-9-11(2)5-6-12(13)3/h11-14,16H,4-10H2,1-3H3. The van der Waals surface area contributed by atoms with E-state index in [1.165, 1.54) is 19.3 Å². The van der Waals surface area contributed by atoms with Gasteiger partial charge in [-0.15, -0.1) is 0 Å². The second-order valence-electron chi connectivity index (χ2n) is 6.17. The molecule has 0 spiro atoms. The fraction of sp³-hybridized carbons (Fsp3) is 0.933. The van der Waals surface area contributed by atoms with Gasteiger partial charge in [-0.2, -0.15) is 0 Å². The lowest BCUT2D eigenvalue weighted by atomic mass is 9.78. The third kappa shape index (κ3) is 3.48. The highest BCUT2D eigenvalue weighted by molar-refractivity contribution is 5.76. The highest BCUT2D eigenvalue weighted by Crippen LogP contribution is 2.33. The highest BCUT2D eigenvalue weighted by Gasteiger charge is 2.38. The molecule has 2 fully saturated rings. The first-order chi connectivity index (χ1) is 9.13. The van der Waals surface area contributed by atoms with E-state index in [-0.39, 0.29) is 12.0 Å². The van der Waals surface area contributed by atoms with E-state index in [1.807, 2.05) is 6.92 Å². The van der Waals surface area contributed by atoms with Gasteiger partial charge in [0.25, 0.3) is 0 Å². The molecule has 4 nitrogen and oxygen atoms in total. The summed E-state index contributed by atoms with van der Waals surface area (Å²) in [6.45, 7) is 9.69. The summed E-state index contributed by atoms with van der Waals surface area (Å²) in [7, 11) is 0. The number of piperazine rings is 1. The van der Waals surface area contributed by atoms with Crippen molar-refractivity contribution in [3.8, 4) is 0 Å². The molecule has 4 unspecified atom stereocenters. The minimum atomic E-state index is -0.0913. The van der Waals surface area contributed by atoms with Gasteiger partial charge in [-0.3, -0.25) is 9.69 Å². The summed E-state index contributed by atoms with van der Waals surface area (Å²) in [6.07, 6.45) is 3.83. The first kappa shape index (κ1) is 14.8.